The van der Waals surface area contributed by atoms with Gasteiger partial charge in [0.2, 0.25) is 5.54 Å². The minimum absolute atomic E-state index is 0.201. The van der Waals surface area contributed by atoms with E-state index in [0.717, 1.165) is 5.56 Å². The monoisotopic (exact) mass is 216 g/mol. The number of rotatable bonds is 3. The van der Waals surface area contributed by atoms with E-state index in [-0.39, 0.29) is 4.92 Å². The highest BCUT2D eigenvalue weighted by atomic mass is 16.6. The van der Waals surface area contributed by atoms with Gasteiger partial charge in [-0.1, -0.05) is 18.2 Å². The van der Waals surface area contributed by atoms with Gasteiger partial charge in [0.25, 0.3) is 0 Å². The smallest absolute Gasteiger partial charge is 0.248 e. The molecular weight excluding hydrogens is 204 g/mol. The van der Waals surface area contributed by atoms with Crippen LogP contribution < -0.4 is 0 Å². The highest BCUT2D eigenvalue weighted by Crippen LogP contribution is 2.26. The van der Waals surface area contributed by atoms with Gasteiger partial charge in [0.05, 0.1) is 0 Å². The fourth-order valence-corrected chi connectivity index (χ4v) is 1.84. The third-order valence-corrected chi connectivity index (χ3v) is 2.75. The van der Waals surface area contributed by atoms with Gasteiger partial charge in [-0.05, 0) is 23.8 Å². The Hall–Kier alpha value is -1.97. The van der Waals surface area contributed by atoms with E-state index in [2.05, 4.69) is 4.98 Å². The molecule has 1 aliphatic carbocycles. The second kappa shape index (κ2) is 4.26. The molecule has 82 valence electrons. The molecule has 0 saturated carbocycles. The Labute approximate surface area is 93.5 Å². The van der Waals surface area contributed by atoms with Gasteiger partial charge in [-0.15, -0.1) is 0 Å². The molecule has 0 bridgehead atoms. The first-order valence-corrected chi connectivity index (χ1v) is 5.11. The van der Waals surface area contributed by atoms with Gasteiger partial charge in [-0.25, -0.2) is 0 Å². The van der Waals surface area contributed by atoms with Crippen molar-refractivity contribution in [1.82, 2.24) is 4.98 Å². The van der Waals surface area contributed by atoms with Gasteiger partial charge in [0.1, 0.15) is 0 Å². The quantitative estimate of drug-likeness (QED) is 0.574. The van der Waals surface area contributed by atoms with Crippen LogP contribution in [0.15, 0.2) is 48.8 Å². The molecule has 0 fully saturated rings. The summed E-state index contributed by atoms with van der Waals surface area (Å²) >= 11 is 0. The molecule has 1 unspecified atom stereocenters. The maximum absolute atomic E-state index is 11.2. The molecule has 4 nitrogen and oxygen atoms in total. The van der Waals surface area contributed by atoms with Gasteiger partial charge < -0.3 is 0 Å². The van der Waals surface area contributed by atoms with E-state index in [1.807, 2.05) is 24.3 Å². The molecule has 16 heavy (non-hydrogen) atoms. The summed E-state index contributed by atoms with van der Waals surface area (Å²) in [5.74, 6) is 0. The van der Waals surface area contributed by atoms with Crippen molar-refractivity contribution in [3.63, 3.8) is 0 Å². The number of aromatic nitrogens is 1. The van der Waals surface area contributed by atoms with E-state index >= 15 is 0 Å². The SMILES string of the molecule is O=[N+]([O-])C1(Cc2ccncc2)C=CC=CC1. The highest BCUT2D eigenvalue weighted by molar-refractivity contribution is 5.23. The molecule has 1 aliphatic rings. The van der Waals surface area contributed by atoms with Crippen molar-refractivity contribution in [2.75, 3.05) is 0 Å². The molecule has 1 heterocycles. The molecule has 0 radical (unpaired) electrons. The minimum Gasteiger partial charge on any atom is -0.265 e. The Morgan fingerprint density at radius 3 is 2.69 bits per heavy atom. The standard InChI is InChI=1S/C12H12N2O2/c15-14(16)12(6-2-1-3-7-12)10-11-4-8-13-9-5-11/h1-6,8-9H,7,10H2. The molecule has 0 amide bonds. The predicted molar refractivity (Wildman–Crippen MR) is 60.6 cm³/mol. The fourth-order valence-electron chi connectivity index (χ4n) is 1.84. The van der Waals surface area contributed by atoms with E-state index in [1.54, 1.807) is 24.5 Å². The van der Waals surface area contributed by atoms with Crippen LogP contribution in [0, 0.1) is 10.1 Å². The van der Waals surface area contributed by atoms with Crippen LogP contribution in [0.3, 0.4) is 0 Å². The molecule has 4 heteroatoms. The summed E-state index contributed by atoms with van der Waals surface area (Å²) in [6.45, 7) is 0. The highest BCUT2D eigenvalue weighted by Gasteiger charge is 2.39. The summed E-state index contributed by atoms with van der Waals surface area (Å²) in [5, 5.41) is 11.2. The molecule has 0 N–H and O–H groups in total. The zero-order chi connectivity index (χ0) is 11.4. The summed E-state index contributed by atoms with van der Waals surface area (Å²) in [4.78, 5) is 14.9. The molecule has 0 spiro atoms. The van der Waals surface area contributed by atoms with E-state index < -0.39 is 5.54 Å². The lowest BCUT2D eigenvalue weighted by Gasteiger charge is -2.22. The first-order chi connectivity index (χ1) is 7.73. The van der Waals surface area contributed by atoms with Crippen molar-refractivity contribution in [3.8, 4) is 0 Å². The van der Waals surface area contributed by atoms with Crippen LogP contribution in [0.2, 0.25) is 0 Å². The second-order valence-corrected chi connectivity index (χ2v) is 3.88. The van der Waals surface area contributed by atoms with Crippen molar-refractivity contribution < 1.29 is 4.92 Å². The number of allylic oxidation sites excluding steroid dienone is 2. The fraction of sp³-hybridized carbons (Fsp3) is 0.250. The van der Waals surface area contributed by atoms with Crippen LogP contribution >= 0.6 is 0 Å². The topological polar surface area (TPSA) is 56.0 Å². The van der Waals surface area contributed by atoms with Crippen LogP contribution in [0.4, 0.5) is 0 Å². The molecule has 1 atom stereocenters. The summed E-state index contributed by atoms with van der Waals surface area (Å²) in [6.07, 6.45) is 11.3. The lowest BCUT2D eigenvalue weighted by atomic mass is 9.86. The molecule has 2 rings (SSSR count). The van der Waals surface area contributed by atoms with Crippen molar-refractivity contribution in [2.45, 2.75) is 18.4 Å². The van der Waals surface area contributed by atoms with Crippen molar-refractivity contribution in [1.29, 1.82) is 0 Å². The third kappa shape index (κ3) is 2.00. The first-order valence-electron chi connectivity index (χ1n) is 5.11. The molecule has 0 aliphatic heterocycles. The lowest BCUT2D eigenvalue weighted by molar-refractivity contribution is -0.554. The Bertz CT molecular complexity index is 440. The Kier molecular flexibility index (Phi) is 2.81. The zero-order valence-electron chi connectivity index (χ0n) is 8.74. The van der Waals surface area contributed by atoms with Gasteiger partial charge in [-0.3, -0.25) is 15.1 Å². The van der Waals surface area contributed by atoms with Crippen LogP contribution in [0.1, 0.15) is 12.0 Å². The largest absolute Gasteiger partial charge is 0.265 e. The average Bonchev–Trinajstić information content (AvgIpc) is 2.31. The van der Waals surface area contributed by atoms with Crippen LogP contribution in [-0.2, 0) is 6.42 Å². The summed E-state index contributed by atoms with van der Waals surface area (Å²) in [7, 11) is 0. The molecular formula is C12H12N2O2. The zero-order valence-corrected chi connectivity index (χ0v) is 8.74. The van der Waals surface area contributed by atoms with Crippen molar-refractivity contribution in [3.05, 3.63) is 64.5 Å². The Morgan fingerprint density at radius 2 is 2.12 bits per heavy atom. The average molecular weight is 216 g/mol. The van der Waals surface area contributed by atoms with E-state index in [0.29, 0.717) is 12.8 Å². The van der Waals surface area contributed by atoms with Gasteiger partial charge in [0, 0.05) is 30.2 Å². The predicted octanol–water partition coefficient (Wildman–Crippen LogP) is 2.16. The number of pyridine rings is 1. The van der Waals surface area contributed by atoms with Gasteiger partial charge in [0.15, 0.2) is 0 Å². The number of nitro groups is 1. The third-order valence-electron chi connectivity index (χ3n) is 2.75. The van der Waals surface area contributed by atoms with Crippen molar-refractivity contribution in [2.24, 2.45) is 0 Å². The van der Waals surface area contributed by atoms with Crippen LogP contribution in [-0.4, -0.2) is 15.4 Å². The number of hydrogen-bond acceptors (Lipinski definition) is 3. The minimum atomic E-state index is -0.990. The summed E-state index contributed by atoms with van der Waals surface area (Å²) in [5.41, 5.74) is -0.0533. The van der Waals surface area contributed by atoms with Crippen LogP contribution in [0.25, 0.3) is 0 Å². The summed E-state index contributed by atoms with van der Waals surface area (Å²) in [6, 6.07) is 3.63. The molecule has 1 aromatic heterocycles. The van der Waals surface area contributed by atoms with E-state index in [4.69, 9.17) is 0 Å². The van der Waals surface area contributed by atoms with Crippen LogP contribution in [0.5, 0.6) is 0 Å². The van der Waals surface area contributed by atoms with E-state index in [1.165, 1.54) is 0 Å². The maximum atomic E-state index is 11.2. The lowest BCUT2D eigenvalue weighted by Crippen LogP contribution is -2.38. The van der Waals surface area contributed by atoms with Crippen molar-refractivity contribution >= 4 is 0 Å². The van der Waals surface area contributed by atoms with Gasteiger partial charge in [-0.2, -0.15) is 0 Å². The van der Waals surface area contributed by atoms with E-state index in [9.17, 15) is 10.1 Å². The number of nitrogens with zero attached hydrogens (tertiary/aromatic N) is 2. The molecule has 0 saturated heterocycles. The maximum Gasteiger partial charge on any atom is 0.248 e. The first kappa shape index (κ1) is 10.5. The summed E-state index contributed by atoms with van der Waals surface area (Å²) < 4.78 is 0. The molecule has 1 aromatic rings. The van der Waals surface area contributed by atoms with Gasteiger partial charge >= 0.3 is 0 Å². The normalized spacial score (nSPS) is 23.2. The second-order valence-electron chi connectivity index (χ2n) is 3.88. The Morgan fingerprint density at radius 1 is 1.38 bits per heavy atom. The number of hydrogen-bond donors (Lipinski definition) is 0. The molecule has 0 aromatic carbocycles. The Balaban J connectivity index is 2.25.